The van der Waals surface area contributed by atoms with Gasteiger partial charge < -0.3 is 10.3 Å². The SMILES string of the molecule is Cc1noc(CSc2nnc(N)n2C(C)C)n1. The van der Waals surface area contributed by atoms with Crippen LogP contribution in [0.4, 0.5) is 5.95 Å². The Morgan fingerprint density at radius 1 is 1.41 bits per heavy atom. The first-order valence-corrected chi connectivity index (χ1v) is 6.19. The molecule has 2 aromatic rings. The summed E-state index contributed by atoms with van der Waals surface area (Å²) in [5.41, 5.74) is 5.74. The zero-order chi connectivity index (χ0) is 12.4. The Balaban J connectivity index is 2.09. The van der Waals surface area contributed by atoms with Gasteiger partial charge in [-0.3, -0.25) is 4.57 Å². The van der Waals surface area contributed by atoms with Gasteiger partial charge in [0.15, 0.2) is 11.0 Å². The van der Waals surface area contributed by atoms with E-state index in [9.17, 15) is 0 Å². The fourth-order valence-electron chi connectivity index (χ4n) is 1.40. The number of aromatic nitrogens is 5. The van der Waals surface area contributed by atoms with Gasteiger partial charge in [-0.2, -0.15) is 4.98 Å². The van der Waals surface area contributed by atoms with E-state index in [1.807, 2.05) is 18.4 Å². The molecule has 2 heterocycles. The second kappa shape index (κ2) is 4.74. The second-order valence-corrected chi connectivity index (χ2v) is 4.77. The normalized spacial score (nSPS) is 11.3. The van der Waals surface area contributed by atoms with E-state index < -0.39 is 0 Å². The number of nitrogen functional groups attached to an aromatic ring is 1. The maximum absolute atomic E-state index is 5.74. The minimum Gasteiger partial charge on any atom is -0.368 e. The summed E-state index contributed by atoms with van der Waals surface area (Å²) in [6.45, 7) is 5.84. The predicted octanol–water partition coefficient (Wildman–Crippen LogP) is 1.42. The molecule has 7 nitrogen and oxygen atoms in total. The Kier molecular flexibility index (Phi) is 3.32. The lowest BCUT2D eigenvalue weighted by atomic mass is 10.4. The van der Waals surface area contributed by atoms with Crippen LogP contribution in [-0.2, 0) is 5.75 Å². The Labute approximate surface area is 103 Å². The van der Waals surface area contributed by atoms with Crippen molar-refractivity contribution in [2.24, 2.45) is 0 Å². The maximum Gasteiger partial charge on any atom is 0.237 e. The zero-order valence-electron chi connectivity index (χ0n) is 9.91. The van der Waals surface area contributed by atoms with Gasteiger partial charge in [0.25, 0.3) is 0 Å². The number of hydrogen-bond acceptors (Lipinski definition) is 7. The average molecular weight is 254 g/mol. The van der Waals surface area contributed by atoms with Crippen LogP contribution in [0.1, 0.15) is 31.6 Å². The Bertz CT molecular complexity index is 505. The third-order valence-electron chi connectivity index (χ3n) is 2.10. The van der Waals surface area contributed by atoms with Crippen LogP contribution in [0, 0.1) is 6.92 Å². The summed E-state index contributed by atoms with van der Waals surface area (Å²) in [7, 11) is 0. The van der Waals surface area contributed by atoms with E-state index >= 15 is 0 Å². The highest BCUT2D eigenvalue weighted by molar-refractivity contribution is 7.98. The number of thioether (sulfide) groups is 1. The average Bonchev–Trinajstić information content (AvgIpc) is 2.82. The molecule has 0 spiro atoms. The summed E-state index contributed by atoms with van der Waals surface area (Å²) in [5, 5.41) is 12.4. The third kappa shape index (κ3) is 2.57. The van der Waals surface area contributed by atoms with Crippen molar-refractivity contribution >= 4 is 17.7 Å². The molecular formula is C9H14N6OS. The van der Waals surface area contributed by atoms with Crippen molar-refractivity contribution in [2.75, 3.05) is 5.73 Å². The molecule has 2 rings (SSSR count). The first-order chi connectivity index (χ1) is 8.08. The predicted molar refractivity (Wildman–Crippen MR) is 63.4 cm³/mol. The molecule has 0 atom stereocenters. The van der Waals surface area contributed by atoms with Gasteiger partial charge in [-0.05, 0) is 20.8 Å². The van der Waals surface area contributed by atoms with E-state index in [2.05, 4.69) is 20.3 Å². The van der Waals surface area contributed by atoms with Crippen molar-refractivity contribution < 1.29 is 4.52 Å². The molecule has 0 amide bonds. The number of aryl methyl sites for hydroxylation is 1. The van der Waals surface area contributed by atoms with Gasteiger partial charge in [0.05, 0.1) is 5.75 Å². The number of nitrogens with two attached hydrogens (primary N) is 1. The molecule has 2 aromatic heterocycles. The first-order valence-electron chi connectivity index (χ1n) is 5.20. The van der Waals surface area contributed by atoms with E-state index in [-0.39, 0.29) is 6.04 Å². The summed E-state index contributed by atoms with van der Waals surface area (Å²) in [5.74, 6) is 2.19. The highest BCUT2D eigenvalue weighted by atomic mass is 32.2. The molecule has 0 fully saturated rings. The smallest absolute Gasteiger partial charge is 0.237 e. The van der Waals surface area contributed by atoms with Crippen LogP contribution >= 0.6 is 11.8 Å². The largest absolute Gasteiger partial charge is 0.368 e. The van der Waals surface area contributed by atoms with Crippen LogP contribution in [0.25, 0.3) is 0 Å². The van der Waals surface area contributed by atoms with Crippen molar-refractivity contribution in [1.82, 2.24) is 24.9 Å². The van der Waals surface area contributed by atoms with Crippen LogP contribution in [0.15, 0.2) is 9.68 Å². The number of hydrogen-bond donors (Lipinski definition) is 1. The van der Waals surface area contributed by atoms with Crippen LogP contribution in [0.5, 0.6) is 0 Å². The van der Waals surface area contributed by atoms with Gasteiger partial charge in [-0.15, -0.1) is 10.2 Å². The Morgan fingerprint density at radius 2 is 2.18 bits per heavy atom. The molecule has 0 aliphatic heterocycles. The third-order valence-corrected chi connectivity index (χ3v) is 3.03. The zero-order valence-corrected chi connectivity index (χ0v) is 10.7. The van der Waals surface area contributed by atoms with Crippen LogP contribution in [-0.4, -0.2) is 24.9 Å². The number of anilines is 1. The monoisotopic (exact) mass is 254 g/mol. The fraction of sp³-hybridized carbons (Fsp3) is 0.556. The highest BCUT2D eigenvalue weighted by Crippen LogP contribution is 2.24. The van der Waals surface area contributed by atoms with Gasteiger partial charge in [0, 0.05) is 6.04 Å². The lowest BCUT2D eigenvalue weighted by Gasteiger charge is -2.10. The minimum atomic E-state index is 0.219. The molecular weight excluding hydrogens is 240 g/mol. The summed E-state index contributed by atoms with van der Waals surface area (Å²) >= 11 is 1.48. The molecule has 0 saturated carbocycles. The van der Waals surface area contributed by atoms with E-state index in [0.29, 0.717) is 23.4 Å². The molecule has 2 N–H and O–H groups in total. The molecule has 0 radical (unpaired) electrons. The van der Waals surface area contributed by atoms with Crippen LogP contribution < -0.4 is 5.73 Å². The van der Waals surface area contributed by atoms with Crippen LogP contribution in [0.3, 0.4) is 0 Å². The van der Waals surface area contributed by atoms with Crippen molar-refractivity contribution in [3.05, 3.63) is 11.7 Å². The topological polar surface area (TPSA) is 95.6 Å². The molecule has 0 bridgehead atoms. The molecule has 8 heteroatoms. The van der Waals surface area contributed by atoms with E-state index in [1.165, 1.54) is 11.8 Å². The summed E-state index contributed by atoms with van der Waals surface area (Å²) in [6, 6.07) is 0.219. The van der Waals surface area contributed by atoms with Crippen molar-refractivity contribution in [1.29, 1.82) is 0 Å². The lowest BCUT2D eigenvalue weighted by Crippen LogP contribution is -2.07. The summed E-state index contributed by atoms with van der Waals surface area (Å²) < 4.78 is 6.89. The van der Waals surface area contributed by atoms with Crippen molar-refractivity contribution in [3.63, 3.8) is 0 Å². The first kappa shape index (κ1) is 11.9. The molecule has 17 heavy (non-hydrogen) atoms. The van der Waals surface area contributed by atoms with Gasteiger partial charge in [-0.1, -0.05) is 16.9 Å². The minimum absolute atomic E-state index is 0.219. The standard InChI is InChI=1S/C9H14N6OS/c1-5(2)15-8(10)12-13-9(15)17-4-7-11-6(3)14-16-7/h5H,4H2,1-3H3,(H2,10,12). The van der Waals surface area contributed by atoms with E-state index in [0.717, 1.165) is 5.16 Å². The Morgan fingerprint density at radius 3 is 2.76 bits per heavy atom. The second-order valence-electron chi connectivity index (χ2n) is 3.83. The molecule has 0 aliphatic carbocycles. The molecule has 0 aliphatic rings. The maximum atomic E-state index is 5.74. The van der Waals surface area contributed by atoms with Gasteiger partial charge in [0.2, 0.25) is 11.8 Å². The van der Waals surface area contributed by atoms with Gasteiger partial charge in [-0.25, -0.2) is 0 Å². The Hall–Kier alpha value is -1.57. The lowest BCUT2D eigenvalue weighted by molar-refractivity contribution is 0.387. The van der Waals surface area contributed by atoms with Crippen LogP contribution in [0.2, 0.25) is 0 Å². The summed E-state index contributed by atoms with van der Waals surface area (Å²) in [4.78, 5) is 4.12. The molecule has 0 aromatic carbocycles. The van der Waals surface area contributed by atoms with Gasteiger partial charge in [0.1, 0.15) is 0 Å². The molecule has 0 saturated heterocycles. The fourth-order valence-corrected chi connectivity index (χ4v) is 2.31. The highest BCUT2D eigenvalue weighted by Gasteiger charge is 2.14. The number of rotatable bonds is 4. The van der Waals surface area contributed by atoms with E-state index in [4.69, 9.17) is 10.3 Å². The van der Waals surface area contributed by atoms with Crippen molar-refractivity contribution in [3.8, 4) is 0 Å². The van der Waals surface area contributed by atoms with E-state index in [1.54, 1.807) is 6.92 Å². The number of nitrogens with zero attached hydrogens (tertiary/aromatic N) is 5. The molecule has 0 unspecified atom stereocenters. The summed E-state index contributed by atoms with van der Waals surface area (Å²) in [6.07, 6.45) is 0. The molecule has 92 valence electrons. The van der Waals surface area contributed by atoms with Crippen molar-refractivity contribution in [2.45, 2.75) is 37.7 Å². The van der Waals surface area contributed by atoms with Gasteiger partial charge >= 0.3 is 0 Å². The quantitative estimate of drug-likeness (QED) is 0.824.